The summed E-state index contributed by atoms with van der Waals surface area (Å²) in [4.78, 5) is -0.562. The van der Waals surface area contributed by atoms with Gasteiger partial charge in [-0.2, -0.15) is 10.2 Å². The monoisotopic (exact) mass is 162 g/mol. The second-order valence-corrected chi connectivity index (χ2v) is 4.71. The highest BCUT2D eigenvalue weighted by atomic mass is 35.5. The third-order valence-corrected chi connectivity index (χ3v) is 0.663. The molecule has 0 fully saturated rings. The van der Waals surface area contributed by atoms with Gasteiger partial charge in [0, 0.05) is 0 Å². The van der Waals surface area contributed by atoms with Gasteiger partial charge in [0.1, 0.15) is 5.00 Å². The average molecular weight is 163 g/mol. The molecule has 0 aliphatic rings. The minimum Gasteiger partial charge on any atom is -0.187 e. The van der Waals surface area contributed by atoms with Crippen molar-refractivity contribution in [3.8, 4) is 0 Å². The van der Waals surface area contributed by atoms with Crippen LogP contribution >= 0.6 is 11.6 Å². The molecule has 10 heavy (non-hydrogen) atoms. The van der Waals surface area contributed by atoms with E-state index in [1.54, 1.807) is 0 Å². The zero-order chi connectivity index (χ0) is 8.41. The standard InChI is InChI=1S/C7H15ClN2/c1-6(2,3)9-10-7(4,5)8/h1-5H3/b10-9+. The Hall–Kier alpha value is -0.110. The number of nitrogens with zero attached hydrogens (tertiary/aromatic N) is 2. The van der Waals surface area contributed by atoms with E-state index in [9.17, 15) is 0 Å². The number of rotatable bonds is 1. The van der Waals surface area contributed by atoms with Crippen LogP contribution in [0, 0.1) is 0 Å². The molecule has 3 heteroatoms. The van der Waals surface area contributed by atoms with E-state index in [0.717, 1.165) is 0 Å². The first-order valence-electron chi connectivity index (χ1n) is 3.34. The van der Waals surface area contributed by atoms with Crippen molar-refractivity contribution in [2.75, 3.05) is 0 Å². The highest BCUT2D eigenvalue weighted by Crippen LogP contribution is 2.17. The van der Waals surface area contributed by atoms with Crippen LogP contribution in [-0.2, 0) is 0 Å². The molecule has 0 radical (unpaired) electrons. The van der Waals surface area contributed by atoms with Gasteiger partial charge in [0.2, 0.25) is 0 Å². The SMILES string of the molecule is CC(C)(C)/N=N/C(C)(C)Cl. The van der Waals surface area contributed by atoms with Crippen molar-refractivity contribution in [2.45, 2.75) is 45.2 Å². The lowest BCUT2D eigenvalue weighted by molar-refractivity contribution is 0.510. The lowest BCUT2D eigenvalue weighted by atomic mass is 10.1. The number of hydrogen-bond acceptors (Lipinski definition) is 2. The molecule has 0 saturated heterocycles. The maximum absolute atomic E-state index is 5.78. The van der Waals surface area contributed by atoms with E-state index in [2.05, 4.69) is 10.2 Å². The first kappa shape index (κ1) is 9.89. The molecule has 0 aromatic heterocycles. The molecule has 0 aliphatic carbocycles. The molecule has 0 rings (SSSR count). The van der Waals surface area contributed by atoms with Crippen LogP contribution in [0.4, 0.5) is 0 Å². The van der Waals surface area contributed by atoms with Crippen LogP contribution < -0.4 is 0 Å². The summed E-state index contributed by atoms with van der Waals surface area (Å²) in [6.07, 6.45) is 0. The van der Waals surface area contributed by atoms with Gasteiger partial charge in [0.05, 0.1) is 5.54 Å². The van der Waals surface area contributed by atoms with Crippen LogP contribution in [0.15, 0.2) is 10.2 Å². The van der Waals surface area contributed by atoms with Crippen LogP contribution in [0.5, 0.6) is 0 Å². The highest BCUT2D eigenvalue weighted by Gasteiger charge is 2.13. The summed E-state index contributed by atoms with van der Waals surface area (Å²) in [5, 5.41) is 7.94. The molecule has 0 atom stereocenters. The Morgan fingerprint density at radius 3 is 1.40 bits per heavy atom. The predicted octanol–water partition coefficient (Wildman–Crippen LogP) is 3.21. The predicted molar refractivity (Wildman–Crippen MR) is 44.5 cm³/mol. The summed E-state index contributed by atoms with van der Waals surface area (Å²) in [6, 6.07) is 0. The maximum atomic E-state index is 5.78. The van der Waals surface area contributed by atoms with E-state index in [1.165, 1.54) is 0 Å². The minimum absolute atomic E-state index is 0.119. The Labute approximate surface area is 67.7 Å². The van der Waals surface area contributed by atoms with Gasteiger partial charge >= 0.3 is 0 Å². The smallest absolute Gasteiger partial charge is 0.149 e. The summed E-state index contributed by atoms with van der Waals surface area (Å²) >= 11 is 5.78. The summed E-state index contributed by atoms with van der Waals surface area (Å²) in [5.74, 6) is 0. The van der Waals surface area contributed by atoms with Gasteiger partial charge in [-0.15, -0.1) is 0 Å². The van der Waals surface area contributed by atoms with Crippen molar-refractivity contribution in [3.63, 3.8) is 0 Å². The van der Waals surface area contributed by atoms with Gasteiger partial charge in [-0.25, -0.2) is 0 Å². The molecule has 0 saturated carbocycles. The molecule has 2 nitrogen and oxygen atoms in total. The molecular formula is C7H15ClN2. The normalized spacial score (nSPS) is 14.6. The average Bonchev–Trinajstić information content (AvgIpc) is 1.57. The van der Waals surface area contributed by atoms with E-state index in [1.807, 2.05) is 34.6 Å². The highest BCUT2D eigenvalue weighted by molar-refractivity contribution is 6.23. The van der Waals surface area contributed by atoms with Gasteiger partial charge < -0.3 is 0 Å². The number of halogens is 1. The van der Waals surface area contributed by atoms with Crippen LogP contribution in [0.25, 0.3) is 0 Å². The third kappa shape index (κ3) is 7.89. The van der Waals surface area contributed by atoms with E-state index in [0.29, 0.717) is 0 Å². The Morgan fingerprint density at radius 1 is 0.900 bits per heavy atom. The molecule has 0 spiro atoms. The quantitative estimate of drug-likeness (QED) is 0.321. The maximum Gasteiger partial charge on any atom is 0.149 e. The Morgan fingerprint density at radius 2 is 1.30 bits per heavy atom. The third-order valence-electron chi connectivity index (χ3n) is 0.588. The van der Waals surface area contributed by atoms with Crippen molar-refractivity contribution < 1.29 is 0 Å². The van der Waals surface area contributed by atoms with Gasteiger partial charge in [0.15, 0.2) is 0 Å². The van der Waals surface area contributed by atoms with Crippen LogP contribution in [-0.4, -0.2) is 10.5 Å². The Bertz CT molecular complexity index is 112. The van der Waals surface area contributed by atoms with E-state index < -0.39 is 5.00 Å². The van der Waals surface area contributed by atoms with Crippen molar-refractivity contribution in [3.05, 3.63) is 0 Å². The van der Waals surface area contributed by atoms with Crippen molar-refractivity contribution in [2.24, 2.45) is 10.2 Å². The lowest BCUT2D eigenvalue weighted by Crippen LogP contribution is -2.12. The molecular weight excluding hydrogens is 148 g/mol. The molecule has 0 heterocycles. The number of azo groups is 1. The van der Waals surface area contributed by atoms with Crippen LogP contribution in [0.1, 0.15) is 34.6 Å². The minimum atomic E-state index is -0.562. The second-order valence-electron chi connectivity index (χ2n) is 3.78. The fraction of sp³-hybridized carbons (Fsp3) is 1.00. The summed E-state index contributed by atoms with van der Waals surface area (Å²) < 4.78 is 0. The molecule has 60 valence electrons. The fourth-order valence-electron chi connectivity index (χ4n) is 0.269. The Balaban J connectivity index is 4.01. The van der Waals surface area contributed by atoms with Gasteiger partial charge in [-0.1, -0.05) is 11.6 Å². The first-order valence-corrected chi connectivity index (χ1v) is 3.71. The molecule has 0 bridgehead atoms. The second kappa shape index (κ2) is 2.87. The molecule has 0 aromatic carbocycles. The molecule has 0 N–H and O–H groups in total. The fourth-order valence-corrected chi connectivity index (χ4v) is 0.307. The van der Waals surface area contributed by atoms with Crippen LogP contribution in [0.2, 0.25) is 0 Å². The number of alkyl halides is 1. The lowest BCUT2D eigenvalue weighted by Gasteiger charge is -2.13. The van der Waals surface area contributed by atoms with Crippen molar-refractivity contribution >= 4 is 11.6 Å². The molecule has 0 aliphatic heterocycles. The summed E-state index contributed by atoms with van der Waals surface area (Å²) in [6.45, 7) is 9.57. The van der Waals surface area contributed by atoms with E-state index in [4.69, 9.17) is 11.6 Å². The van der Waals surface area contributed by atoms with E-state index in [-0.39, 0.29) is 5.54 Å². The van der Waals surface area contributed by atoms with Crippen molar-refractivity contribution in [1.29, 1.82) is 0 Å². The van der Waals surface area contributed by atoms with Gasteiger partial charge in [-0.05, 0) is 34.6 Å². The van der Waals surface area contributed by atoms with Gasteiger partial charge in [-0.3, -0.25) is 0 Å². The van der Waals surface area contributed by atoms with Crippen molar-refractivity contribution in [1.82, 2.24) is 0 Å². The summed E-state index contributed by atoms with van der Waals surface area (Å²) in [5.41, 5.74) is -0.119. The summed E-state index contributed by atoms with van der Waals surface area (Å²) in [7, 11) is 0. The zero-order valence-corrected chi connectivity index (χ0v) is 8.03. The first-order chi connectivity index (χ1) is 4.21. The molecule has 0 amide bonds. The molecule has 0 unspecified atom stereocenters. The zero-order valence-electron chi connectivity index (χ0n) is 7.27. The Kier molecular flexibility index (Phi) is 2.84. The largest absolute Gasteiger partial charge is 0.187 e. The number of hydrogen-bond donors (Lipinski definition) is 0. The topological polar surface area (TPSA) is 24.7 Å². The van der Waals surface area contributed by atoms with Gasteiger partial charge in [0.25, 0.3) is 0 Å². The molecule has 0 aromatic rings. The van der Waals surface area contributed by atoms with Crippen LogP contribution in [0.3, 0.4) is 0 Å². The van der Waals surface area contributed by atoms with E-state index >= 15 is 0 Å².